The van der Waals surface area contributed by atoms with Gasteiger partial charge in [-0.05, 0) is 6.26 Å². The summed E-state index contributed by atoms with van der Waals surface area (Å²) >= 11 is 1.74. The first kappa shape index (κ1) is 8.19. The van der Waals surface area contributed by atoms with Crippen LogP contribution in [-0.4, -0.2) is 26.9 Å². The summed E-state index contributed by atoms with van der Waals surface area (Å²) in [4.78, 5) is 0. The van der Waals surface area contributed by atoms with Crippen molar-refractivity contribution < 1.29 is 0 Å². The summed E-state index contributed by atoms with van der Waals surface area (Å²) in [5.74, 6) is 7.48. The highest BCUT2D eigenvalue weighted by molar-refractivity contribution is 7.98. The molecule has 1 aromatic heterocycles. The van der Waals surface area contributed by atoms with E-state index >= 15 is 0 Å². The van der Waals surface area contributed by atoms with Crippen molar-refractivity contribution in [1.29, 1.82) is 0 Å². The number of hydrogen-bond acceptors (Lipinski definition) is 5. The number of rotatable bonds is 3. The molecule has 0 aliphatic heterocycles. The van der Waals surface area contributed by atoms with Gasteiger partial charge in [-0.25, -0.2) is 4.68 Å². The largest absolute Gasteiger partial charge is 0.366 e. The SMILES string of the molecule is CSCCc1nnc(N)n1N. The van der Waals surface area contributed by atoms with Gasteiger partial charge in [0, 0.05) is 12.2 Å². The predicted molar refractivity (Wildman–Crippen MR) is 46.7 cm³/mol. The van der Waals surface area contributed by atoms with E-state index in [-0.39, 0.29) is 5.95 Å². The van der Waals surface area contributed by atoms with Gasteiger partial charge in [-0.3, -0.25) is 0 Å². The molecule has 0 unspecified atom stereocenters. The fraction of sp³-hybridized carbons (Fsp3) is 0.600. The Labute approximate surface area is 69.1 Å². The van der Waals surface area contributed by atoms with Gasteiger partial charge in [-0.15, -0.1) is 10.2 Å². The molecule has 0 aliphatic rings. The summed E-state index contributed by atoms with van der Waals surface area (Å²) in [6, 6.07) is 0. The molecule has 1 rings (SSSR count). The second kappa shape index (κ2) is 3.47. The first-order valence-corrected chi connectivity index (χ1v) is 4.59. The Balaban J connectivity index is 2.63. The van der Waals surface area contributed by atoms with Gasteiger partial charge >= 0.3 is 0 Å². The summed E-state index contributed by atoms with van der Waals surface area (Å²) in [6.45, 7) is 0. The molecule has 4 N–H and O–H groups in total. The number of hydrogen-bond donors (Lipinski definition) is 2. The van der Waals surface area contributed by atoms with Crippen LogP contribution in [0.15, 0.2) is 0 Å². The van der Waals surface area contributed by atoms with Crippen LogP contribution < -0.4 is 11.6 Å². The van der Waals surface area contributed by atoms with Crippen LogP contribution in [0.3, 0.4) is 0 Å². The summed E-state index contributed by atoms with van der Waals surface area (Å²) in [7, 11) is 0. The maximum atomic E-state index is 5.50. The lowest BCUT2D eigenvalue weighted by Crippen LogP contribution is -2.15. The van der Waals surface area contributed by atoms with Gasteiger partial charge in [0.1, 0.15) is 0 Å². The number of nitrogen functional groups attached to an aromatic ring is 2. The second-order valence-electron chi connectivity index (χ2n) is 2.09. The van der Waals surface area contributed by atoms with Crippen LogP contribution in [0.25, 0.3) is 0 Å². The standard InChI is InChI=1S/C5H11N5S/c1-11-3-2-4-8-9-5(6)10(4)7/h2-3,7H2,1H3,(H2,6,9). The zero-order valence-electron chi connectivity index (χ0n) is 6.32. The first-order valence-electron chi connectivity index (χ1n) is 3.19. The average molecular weight is 173 g/mol. The van der Waals surface area contributed by atoms with Gasteiger partial charge in [-0.2, -0.15) is 11.8 Å². The van der Waals surface area contributed by atoms with E-state index in [2.05, 4.69) is 10.2 Å². The third-order valence-electron chi connectivity index (χ3n) is 1.32. The van der Waals surface area contributed by atoms with Crippen LogP contribution in [0.4, 0.5) is 5.95 Å². The van der Waals surface area contributed by atoms with E-state index < -0.39 is 0 Å². The van der Waals surface area contributed by atoms with Gasteiger partial charge in [0.25, 0.3) is 0 Å². The molecule has 0 aliphatic carbocycles. The van der Waals surface area contributed by atoms with Crippen LogP contribution in [0.2, 0.25) is 0 Å². The minimum atomic E-state index is 0.265. The van der Waals surface area contributed by atoms with Gasteiger partial charge in [0.05, 0.1) is 0 Å². The number of nitrogens with zero attached hydrogens (tertiary/aromatic N) is 3. The van der Waals surface area contributed by atoms with Crippen molar-refractivity contribution in [2.45, 2.75) is 6.42 Å². The van der Waals surface area contributed by atoms with Crippen molar-refractivity contribution >= 4 is 17.7 Å². The number of nitrogens with two attached hydrogens (primary N) is 2. The number of aromatic nitrogens is 3. The molecule has 0 fully saturated rings. The third kappa shape index (κ3) is 1.76. The summed E-state index contributed by atoms with van der Waals surface area (Å²) < 4.78 is 1.32. The lowest BCUT2D eigenvalue weighted by molar-refractivity contribution is 0.864. The molecule has 0 amide bonds. The van der Waals surface area contributed by atoms with E-state index in [1.807, 2.05) is 6.26 Å². The molecule has 0 saturated carbocycles. The fourth-order valence-corrected chi connectivity index (χ4v) is 1.09. The van der Waals surface area contributed by atoms with E-state index in [1.54, 1.807) is 11.8 Å². The highest BCUT2D eigenvalue weighted by atomic mass is 32.2. The van der Waals surface area contributed by atoms with Gasteiger partial charge < -0.3 is 11.6 Å². The smallest absolute Gasteiger partial charge is 0.240 e. The Morgan fingerprint density at radius 3 is 2.73 bits per heavy atom. The minimum absolute atomic E-state index is 0.265. The summed E-state index contributed by atoms with van der Waals surface area (Å²) in [5.41, 5.74) is 5.37. The van der Waals surface area contributed by atoms with Crippen molar-refractivity contribution in [2.24, 2.45) is 0 Å². The van der Waals surface area contributed by atoms with Gasteiger partial charge in [0.2, 0.25) is 5.95 Å². The molecule has 62 valence electrons. The molecule has 5 nitrogen and oxygen atoms in total. The normalized spacial score (nSPS) is 10.3. The predicted octanol–water partition coefficient (Wildman–Crippen LogP) is -0.520. The number of aryl methyl sites for hydroxylation is 1. The summed E-state index contributed by atoms with van der Waals surface area (Å²) in [6.07, 6.45) is 2.84. The zero-order valence-corrected chi connectivity index (χ0v) is 7.14. The molecule has 6 heteroatoms. The van der Waals surface area contributed by atoms with Gasteiger partial charge in [0.15, 0.2) is 5.82 Å². The Morgan fingerprint density at radius 2 is 2.27 bits per heavy atom. The number of thioether (sulfide) groups is 1. The second-order valence-corrected chi connectivity index (χ2v) is 3.07. The average Bonchev–Trinajstić information content (AvgIpc) is 2.31. The quantitative estimate of drug-likeness (QED) is 0.601. The molecule has 1 aromatic rings. The van der Waals surface area contributed by atoms with E-state index in [9.17, 15) is 0 Å². The van der Waals surface area contributed by atoms with E-state index in [4.69, 9.17) is 11.6 Å². The fourth-order valence-electron chi connectivity index (χ4n) is 0.701. The molecule has 0 saturated heterocycles. The van der Waals surface area contributed by atoms with E-state index in [0.29, 0.717) is 0 Å². The monoisotopic (exact) mass is 173 g/mol. The minimum Gasteiger partial charge on any atom is -0.366 e. The maximum Gasteiger partial charge on any atom is 0.240 e. The molecule has 0 spiro atoms. The molecule has 0 atom stereocenters. The maximum absolute atomic E-state index is 5.50. The van der Waals surface area contributed by atoms with Crippen LogP contribution in [0.5, 0.6) is 0 Å². The zero-order chi connectivity index (χ0) is 8.27. The van der Waals surface area contributed by atoms with Crippen molar-refractivity contribution in [1.82, 2.24) is 14.9 Å². The Bertz CT molecular complexity index is 233. The molecule has 0 bridgehead atoms. The van der Waals surface area contributed by atoms with Crippen molar-refractivity contribution in [2.75, 3.05) is 23.6 Å². The first-order chi connectivity index (χ1) is 5.25. The highest BCUT2D eigenvalue weighted by Crippen LogP contribution is 2.02. The van der Waals surface area contributed by atoms with Crippen LogP contribution in [-0.2, 0) is 6.42 Å². The van der Waals surface area contributed by atoms with E-state index in [1.165, 1.54) is 4.68 Å². The van der Waals surface area contributed by atoms with Crippen LogP contribution in [0.1, 0.15) is 5.82 Å². The molecule has 1 heterocycles. The Hall–Kier alpha value is -0.910. The van der Waals surface area contributed by atoms with Crippen LogP contribution >= 0.6 is 11.8 Å². The van der Waals surface area contributed by atoms with Crippen molar-refractivity contribution in [3.63, 3.8) is 0 Å². The molecular weight excluding hydrogens is 162 g/mol. The van der Waals surface area contributed by atoms with Crippen molar-refractivity contribution in [3.8, 4) is 0 Å². The number of anilines is 1. The third-order valence-corrected chi connectivity index (χ3v) is 1.93. The molecule has 11 heavy (non-hydrogen) atoms. The van der Waals surface area contributed by atoms with E-state index in [0.717, 1.165) is 18.0 Å². The highest BCUT2D eigenvalue weighted by Gasteiger charge is 2.04. The molecular formula is C5H11N5S. The lowest BCUT2D eigenvalue weighted by atomic mass is 10.5. The summed E-state index contributed by atoms with van der Waals surface area (Å²) in [5, 5.41) is 7.43. The lowest BCUT2D eigenvalue weighted by Gasteiger charge is -1.98. The Morgan fingerprint density at radius 1 is 1.55 bits per heavy atom. The molecule has 0 aromatic carbocycles. The molecule has 0 radical (unpaired) electrons. The van der Waals surface area contributed by atoms with Crippen molar-refractivity contribution in [3.05, 3.63) is 5.82 Å². The van der Waals surface area contributed by atoms with Gasteiger partial charge in [-0.1, -0.05) is 0 Å². The Kier molecular flexibility index (Phi) is 2.58. The van der Waals surface area contributed by atoms with Crippen LogP contribution in [0, 0.1) is 0 Å². The topological polar surface area (TPSA) is 82.8 Å².